The number of benzene rings is 1. The molecule has 104 valence electrons. The Balaban J connectivity index is 1.71. The van der Waals surface area contributed by atoms with E-state index in [1.54, 1.807) is 0 Å². The molecule has 2 aromatic rings. The maximum Gasteiger partial charge on any atom is 0.271 e. The van der Waals surface area contributed by atoms with E-state index in [2.05, 4.69) is 14.9 Å². The average Bonchev–Trinajstić information content (AvgIpc) is 2.92. The molecular formula is C16H19N3O. The van der Waals surface area contributed by atoms with Crippen LogP contribution in [0.4, 0.5) is 0 Å². The fraction of sp³-hybridized carbons (Fsp3) is 0.375. The molecule has 0 bridgehead atoms. The summed E-state index contributed by atoms with van der Waals surface area (Å²) in [4.78, 5) is 16.7. The Morgan fingerprint density at radius 2 is 2.10 bits per heavy atom. The third-order valence-electron chi connectivity index (χ3n) is 3.79. The molecule has 1 amide bonds. The summed E-state index contributed by atoms with van der Waals surface area (Å²) in [6.45, 7) is 2.97. The Labute approximate surface area is 118 Å². The summed E-state index contributed by atoms with van der Waals surface area (Å²) in [5, 5.41) is 3.01. The van der Waals surface area contributed by atoms with Gasteiger partial charge in [0.1, 0.15) is 11.5 Å². The lowest BCUT2D eigenvalue weighted by molar-refractivity contribution is 0.0935. The molecule has 4 nitrogen and oxygen atoms in total. The van der Waals surface area contributed by atoms with E-state index < -0.39 is 0 Å². The summed E-state index contributed by atoms with van der Waals surface area (Å²) < 4.78 is 2.10. The number of amides is 1. The smallest absolute Gasteiger partial charge is 0.271 e. The highest BCUT2D eigenvalue weighted by molar-refractivity contribution is 5.92. The molecule has 1 atom stereocenters. The van der Waals surface area contributed by atoms with Crippen LogP contribution < -0.4 is 5.32 Å². The highest BCUT2D eigenvalue weighted by Gasteiger charge is 2.18. The van der Waals surface area contributed by atoms with Crippen molar-refractivity contribution >= 4 is 5.91 Å². The van der Waals surface area contributed by atoms with Crippen LogP contribution in [-0.2, 0) is 13.0 Å². The van der Waals surface area contributed by atoms with Crippen LogP contribution in [0.15, 0.2) is 36.5 Å². The average molecular weight is 269 g/mol. The number of fused-ring (bicyclic) bond motifs is 1. The first kappa shape index (κ1) is 12.9. The van der Waals surface area contributed by atoms with Gasteiger partial charge in [-0.25, -0.2) is 4.98 Å². The van der Waals surface area contributed by atoms with Gasteiger partial charge in [-0.1, -0.05) is 30.3 Å². The normalized spacial score (nSPS) is 15.4. The minimum Gasteiger partial charge on any atom is -0.344 e. The topological polar surface area (TPSA) is 46.9 Å². The van der Waals surface area contributed by atoms with Gasteiger partial charge in [0.15, 0.2) is 0 Å². The molecule has 0 aliphatic carbocycles. The minimum absolute atomic E-state index is 0.0116. The van der Waals surface area contributed by atoms with Crippen molar-refractivity contribution in [2.75, 3.05) is 0 Å². The Bertz CT molecular complexity index is 580. The molecule has 0 fully saturated rings. The number of rotatable bonds is 3. The number of aromatic nitrogens is 2. The molecule has 0 radical (unpaired) electrons. The molecular weight excluding hydrogens is 250 g/mol. The van der Waals surface area contributed by atoms with Crippen molar-refractivity contribution in [3.63, 3.8) is 0 Å². The first-order chi connectivity index (χ1) is 9.74. The van der Waals surface area contributed by atoms with Crippen LogP contribution in [-0.4, -0.2) is 15.5 Å². The highest BCUT2D eigenvalue weighted by atomic mass is 16.2. The van der Waals surface area contributed by atoms with Crippen LogP contribution in [0.5, 0.6) is 0 Å². The number of carbonyl (C=O) groups excluding carboxylic acids is 1. The fourth-order valence-electron chi connectivity index (χ4n) is 2.62. The zero-order chi connectivity index (χ0) is 13.9. The predicted molar refractivity (Wildman–Crippen MR) is 77.5 cm³/mol. The van der Waals surface area contributed by atoms with Gasteiger partial charge in [0, 0.05) is 19.2 Å². The lowest BCUT2D eigenvalue weighted by atomic mass is 10.1. The summed E-state index contributed by atoms with van der Waals surface area (Å²) in [6.07, 6.45) is 5.19. The molecule has 0 spiro atoms. The van der Waals surface area contributed by atoms with Gasteiger partial charge in [0.25, 0.3) is 5.91 Å². The Morgan fingerprint density at radius 3 is 2.85 bits per heavy atom. The summed E-state index contributed by atoms with van der Waals surface area (Å²) >= 11 is 0. The molecule has 4 heteroatoms. The van der Waals surface area contributed by atoms with Gasteiger partial charge in [-0.3, -0.25) is 4.79 Å². The Kier molecular flexibility index (Phi) is 3.54. The van der Waals surface area contributed by atoms with E-state index in [0.29, 0.717) is 5.69 Å². The summed E-state index contributed by atoms with van der Waals surface area (Å²) in [6, 6.07) is 9.96. The molecule has 1 aliphatic heterocycles. The number of aryl methyl sites for hydroxylation is 2. The fourth-order valence-corrected chi connectivity index (χ4v) is 2.62. The second-order valence-corrected chi connectivity index (χ2v) is 5.30. The van der Waals surface area contributed by atoms with E-state index in [4.69, 9.17) is 0 Å². The second kappa shape index (κ2) is 5.49. The summed E-state index contributed by atoms with van der Waals surface area (Å²) in [7, 11) is 0. The van der Waals surface area contributed by atoms with Crippen molar-refractivity contribution < 1.29 is 4.79 Å². The van der Waals surface area contributed by atoms with Gasteiger partial charge in [0.05, 0.1) is 6.04 Å². The highest BCUT2D eigenvalue weighted by Crippen LogP contribution is 2.16. The standard InChI is InChI=1S/C16H19N3O/c1-12(13-7-3-2-4-8-13)17-16(20)14-11-19-10-6-5-9-15(19)18-14/h2-4,7-8,11-12H,5-6,9-10H2,1H3,(H,17,20)/t12-/m0/s1. The lowest BCUT2D eigenvalue weighted by Crippen LogP contribution is -2.26. The summed E-state index contributed by atoms with van der Waals surface area (Å²) in [5.41, 5.74) is 1.63. The molecule has 2 heterocycles. The minimum atomic E-state index is -0.0942. The van der Waals surface area contributed by atoms with Gasteiger partial charge in [-0.2, -0.15) is 0 Å². The quantitative estimate of drug-likeness (QED) is 0.931. The first-order valence-corrected chi connectivity index (χ1v) is 7.16. The SMILES string of the molecule is C[C@H](NC(=O)c1cn2c(n1)CCCC2)c1ccccc1. The van der Waals surface area contributed by atoms with E-state index in [-0.39, 0.29) is 11.9 Å². The number of hydrogen-bond donors (Lipinski definition) is 1. The molecule has 1 aliphatic rings. The monoisotopic (exact) mass is 269 g/mol. The van der Waals surface area contributed by atoms with E-state index in [1.807, 2.05) is 43.5 Å². The van der Waals surface area contributed by atoms with Gasteiger partial charge < -0.3 is 9.88 Å². The van der Waals surface area contributed by atoms with Gasteiger partial charge in [0.2, 0.25) is 0 Å². The zero-order valence-corrected chi connectivity index (χ0v) is 11.7. The molecule has 1 aromatic heterocycles. The lowest BCUT2D eigenvalue weighted by Gasteiger charge is -2.13. The van der Waals surface area contributed by atoms with Gasteiger partial charge >= 0.3 is 0 Å². The van der Waals surface area contributed by atoms with Crippen LogP contribution in [0.3, 0.4) is 0 Å². The molecule has 0 saturated heterocycles. The summed E-state index contributed by atoms with van der Waals surface area (Å²) in [5.74, 6) is 0.942. The maximum absolute atomic E-state index is 12.3. The van der Waals surface area contributed by atoms with E-state index >= 15 is 0 Å². The maximum atomic E-state index is 12.3. The van der Waals surface area contributed by atoms with Crippen molar-refractivity contribution in [1.82, 2.24) is 14.9 Å². The van der Waals surface area contributed by atoms with Crippen molar-refractivity contribution in [3.8, 4) is 0 Å². The van der Waals surface area contributed by atoms with Gasteiger partial charge in [-0.05, 0) is 25.3 Å². The van der Waals surface area contributed by atoms with E-state index in [9.17, 15) is 4.79 Å². The second-order valence-electron chi connectivity index (χ2n) is 5.30. The van der Waals surface area contributed by atoms with Crippen LogP contribution in [0.1, 0.15) is 47.7 Å². The van der Waals surface area contributed by atoms with Crippen LogP contribution in [0, 0.1) is 0 Å². The number of hydrogen-bond acceptors (Lipinski definition) is 2. The third kappa shape index (κ3) is 2.59. The largest absolute Gasteiger partial charge is 0.344 e. The van der Waals surface area contributed by atoms with Gasteiger partial charge in [-0.15, -0.1) is 0 Å². The number of nitrogens with one attached hydrogen (secondary N) is 1. The molecule has 1 aromatic carbocycles. The predicted octanol–water partition coefficient (Wildman–Crippen LogP) is 2.71. The van der Waals surface area contributed by atoms with Crippen LogP contribution >= 0.6 is 0 Å². The van der Waals surface area contributed by atoms with Crippen molar-refractivity contribution in [3.05, 3.63) is 53.6 Å². The van der Waals surface area contributed by atoms with Crippen LogP contribution in [0.2, 0.25) is 0 Å². The van der Waals surface area contributed by atoms with Crippen molar-refractivity contribution in [2.24, 2.45) is 0 Å². The Hall–Kier alpha value is -2.10. The van der Waals surface area contributed by atoms with Crippen molar-refractivity contribution in [2.45, 2.75) is 38.8 Å². The molecule has 0 unspecified atom stereocenters. The number of nitrogens with zero attached hydrogens (tertiary/aromatic N) is 2. The Morgan fingerprint density at radius 1 is 1.30 bits per heavy atom. The van der Waals surface area contributed by atoms with E-state index in [0.717, 1.165) is 24.4 Å². The van der Waals surface area contributed by atoms with Crippen LogP contribution in [0.25, 0.3) is 0 Å². The molecule has 1 N–H and O–H groups in total. The van der Waals surface area contributed by atoms with E-state index in [1.165, 1.54) is 12.8 Å². The molecule has 3 rings (SSSR count). The zero-order valence-electron chi connectivity index (χ0n) is 11.7. The third-order valence-corrected chi connectivity index (χ3v) is 3.79. The first-order valence-electron chi connectivity index (χ1n) is 7.16. The number of imidazole rings is 1. The molecule has 20 heavy (non-hydrogen) atoms. The molecule has 0 saturated carbocycles. The number of carbonyl (C=O) groups is 1. The van der Waals surface area contributed by atoms with Crippen molar-refractivity contribution in [1.29, 1.82) is 0 Å².